The van der Waals surface area contributed by atoms with Gasteiger partial charge in [-0.1, -0.05) is 30.3 Å². The maximum Gasteiger partial charge on any atom is 0.255 e. The first-order chi connectivity index (χ1) is 11.0. The Bertz CT molecular complexity index is 955. The highest BCUT2D eigenvalue weighted by atomic mass is 16.2. The number of nitrogens with zero attached hydrogens (tertiary/aromatic N) is 1. The molecule has 0 atom stereocenters. The Balaban J connectivity index is 2.28. The van der Waals surface area contributed by atoms with Gasteiger partial charge in [0.15, 0.2) is 0 Å². The van der Waals surface area contributed by atoms with Gasteiger partial charge in [-0.2, -0.15) is 0 Å². The molecule has 0 saturated carbocycles. The van der Waals surface area contributed by atoms with Crippen molar-refractivity contribution in [1.29, 1.82) is 0 Å². The molecule has 23 heavy (non-hydrogen) atoms. The zero-order valence-corrected chi connectivity index (χ0v) is 13.4. The lowest BCUT2D eigenvalue weighted by Gasteiger charge is -2.12. The Morgan fingerprint density at radius 3 is 2.43 bits per heavy atom. The van der Waals surface area contributed by atoms with Crippen LogP contribution in [-0.2, 0) is 0 Å². The normalized spacial score (nSPS) is 10.7. The van der Waals surface area contributed by atoms with E-state index in [1.54, 1.807) is 32.4 Å². The van der Waals surface area contributed by atoms with Gasteiger partial charge in [0.1, 0.15) is 0 Å². The number of aromatic amines is 1. The number of benzene rings is 2. The first-order valence-electron chi connectivity index (χ1n) is 7.42. The number of hydrogen-bond acceptors (Lipinski definition) is 2. The van der Waals surface area contributed by atoms with Crippen molar-refractivity contribution in [3.05, 3.63) is 70.1 Å². The van der Waals surface area contributed by atoms with Crippen LogP contribution in [0.3, 0.4) is 0 Å². The molecule has 0 fully saturated rings. The van der Waals surface area contributed by atoms with Crippen molar-refractivity contribution >= 4 is 16.7 Å². The van der Waals surface area contributed by atoms with Crippen LogP contribution in [0.4, 0.5) is 0 Å². The van der Waals surface area contributed by atoms with Crippen LogP contribution in [0.5, 0.6) is 0 Å². The van der Waals surface area contributed by atoms with E-state index in [4.69, 9.17) is 0 Å². The number of aromatic nitrogens is 1. The minimum Gasteiger partial charge on any atom is -0.345 e. The van der Waals surface area contributed by atoms with Crippen LogP contribution in [0, 0.1) is 6.92 Å². The first-order valence-corrected chi connectivity index (χ1v) is 7.42. The summed E-state index contributed by atoms with van der Waals surface area (Å²) in [5, 5.41) is 1.37. The molecule has 1 aromatic heterocycles. The summed E-state index contributed by atoms with van der Waals surface area (Å²) in [4.78, 5) is 28.6. The predicted molar refractivity (Wildman–Crippen MR) is 92.8 cm³/mol. The second-order valence-corrected chi connectivity index (χ2v) is 5.81. The summed E-state index contributed by atoms with van der Waals surface area (Å²) in [5.41, 5.74) is 3.48. The van der Waals surface area contributed by atoms with Crippen LogP contribution in [-0.4, -0.2) is 29.9 Å². The third-order valence-electron chi connectivity index (χ3n) is 3.99. The second kappa shape index (κ2) is 5.72. The SMILES string of the molecule is Cc1ccccc1-c1c[nH]c(=O)c2cc(C(=O)N(C)C)ccc12. The number of amides is 1. The summed E-state index contributed by atoms with van der Waals surface area (Å²) in [6, 6.07) is 13.3. The van der Waals surface area contributed by atoms with Crippen molar-refractivity contribution in [3.63, 3.8) is 0 Å². The fourth-order valence-electron chi connectivity index (χ4n) is 2.75. The molecule has 1 N–H and O–H groups in total. The Morgan fingerprint density at radius 2 is 1.74 bits per heavy atom. The van der Waals surface area contributed by atoms with E-state index in [0.29, 0.717) is 10.9 Å². The average molecular weight is 306 g/mol. The van der Waals surface area contributed by atoms with Crippen molar-refractivity contribution in [2.45, 2.75) is 6.92 Å². The highest BCUT2D eigenvalue weighted by Gasteiger charge is 2.13. The van der Waals surface area contributed by atoms with Crippen molar-refractivity contribution in [1.82, 2.24) is 9.88 Å². The number of hydrogen-bond donors (Lipinski definition) is 1. The van der Waals surface area contributed by atoms with Crippen LogP contribution >= 0.6 is 0 Å². The van der Waals surface area contributed by atoms with E-state index in [1.165, 1.54) is 4.90 Å². The number of rotatable bonds is 2. The third-order valence-corrected chi connectivity index (χ3v) is 3.99. The molecule has 116 valence electrons. The van der Waals surface area contributed by atoms with E-state index < -0.39 is 0 Å². The highest BCUT2D eigenvalue weighted by molar-refractivity contribution is 6.02. The molecular weight excluding hydrogens is 288 g/mol. The minimum atomic E-state index is -0.189. The maximum atomic E-state index is 12.2. The zero-order chi connectivity index (χ0) is 16.6. The number of aryl methyl sites for hydroxylation is 1. The fraction of sp³-hybridized carbons (Fsp3) is 0.158. The number of fused-ring (bicyclic) bond motifs is 1. The molecule has 0 saturated heterocycles. The predicted octanol–water partition coefficient (Wildman–Crippen LogP) is 3.21. The lowest BCUT2D eigenvalue weighted by Crippen LogP contribution is -2.22. The summed E-state index contributed by atoms with van der Waals surface area (Å²) in [6.07, 6.45) is 1.74. The van der Waals surface area contributed by atoms with E-state index >= 15 is 0 Å². The Kier molecular flexibility index (Phi) is 3.74. The van der Waals surface area contributed by atoms with Crippen LogP contribution in [0.25, 0.3) is 21.9 Å². The highest BCUT2D eigenvalue weighted by Crippen LogP contribution is 2.29. The van der Waals surface area contributed by atoms with Crippen molar-refractivity contribution < 1.29 is 4.79 Å². The van der Waals surface area contributed by atoms with Crippen LogP contribution in [0.2, 0.25) is 0 Å². The van der Waals surface area contributed by atoms with Gasteiger partial charge in [-0.05, 0) is 35.6 Å². The zero-order valence-electron chi connectivity index (χ0n) is 13.4. The first kappa shape index (κ1) is 15.0. The van der Waals surface area contributed by atoms with E-state index in [9.17, 15) is 9.59 Å². The molecule has 0 spiro atoms. The van der Waals surface area contributed by atoms with Gasteiger partial charge in [0.25, 0.3) is 11.5 Å². The average Bonchev–Trinajstić information content (AvgIpc) is 2.55. The summed E-state index contributed by atoms with van der Waals surface area (Å²) in [7, 11) is 3.39. The van der Waals surface area contributed by atoms with Gasteiger partial charge in [0.05, 0.1) is 0 Å². The topological polar surface area (TPSA) is 53.2 Å². The number of carbonyl (C=O) groups is 1. The molecule has 3 aromatic rings. The van der Waals surface area contributed by atoms with Gasteiger partial charge >= 0.3 is 0 Å². The molecule has 0 bridgehead atoms. The summed E-state index contributed by atoms with van der Waals surface area (Å²) >= 11 is 0. The van der Waals surface area contributed by atoms with Gasteiger partial charge in [0, 0.05) is 36.8 Å². The third kappa shape index (κ3) is 2.63. The number of pyridine rings is 1. The fourth-order valence-corrected chi connectivity index (χ4v) is 2.75. The number of carbonyl (C=O) groups excluding carboxylic acids is 1. The quantitative estimate of drug-likeness (QED) is 0.790. The molecule has 0 aliphatic carbocycles. The molecular formula is C19H18N2O2. The summed E-state index contributed by atoms with van der Waals surface area (Å²) < 4.78 is 0. The Labute approximate surface area is 134 Å². The van der Waals surface area contributed by atoms with Crippen molar-refractivity contribution in [2.75, 3.05) is 14.1 Å². The monoisotopic (exact) mass is 306 g/mol. The van der Waals surface area contributed by atoms with E-state index in [1.807, 2.05) is 37.3 Å². The van der Waals surface area contributed by atoms with Gasteiger partial charge in [-0.25, -0.2) is 0 Å². The summed E-state index contributed by atoms with van der Waals surface area (Å²) in [5.74, 6) is -0.118. The van der Waals surface area contributed by atoms with Crippen molar-refractivity contribution in [2.24, 2.45) is 0 Å². The second-order valence-electron chi connectivity index (χ2n) is 5.81. The summed E-state index contributed by atoms with van der Waals surface area (Å²) in [6.45, 7) is 2.04. The van der Waals surface area contributed by atoms with Gasteiger partial charge in [-0.3, -0.25) is 9.59 Å². The van der Waals surface area contributed by atoms with Crippen LogP contribution in [0.1, 0.15) is 15.9 Å². The Morgan fingerprint density at radius 1 is 1.00 bits per heavy atom. The molecule has 1 heterocycles. The van der Waals surface area contributed by atoms with Crippen LogP contribution in [0.15, 0.2) is 53.5 Å². The van der Waals surface area contributed by atoms with Gasteiger partial charge in [-0.15, -0.1) is 0 Å². The standard InChI is InChI=1S/C19H18N2O2/c1-12-6-4-5-7-14(12)17-11-20-18(22)16-10-13(8-9-15(16)17)19(23)21(2)3/h4-11H,1-3H3,(H,20,22). The van der Waals surface area contributed by atoms with Gasteiger partial charge in [0.2, 0.25) is 0 Å². The number of H-pyrrole nitrogens is 1. The van der Waals surface area contributed by atoms with Crippen molar-refractivity contribution in [3.8, 4) is 11.1 Å². The lowest BCUT2D eigenvalue weighted by atomic mass is 9.96. The van der Waals surface area contributed by atoms with E-state index in [-0.39, 0.29) is 11.5 Å². The molecule has 2 aromatic carbocycles. The molecule has 1 amide bonds. The maximum absolute atomic E-state index is 12.2. The minimum absolute atomic E-state index is 0.118. The van der Waals surface area contributed by atoms with Gasteiger partial charge < -0.3 is 9.88 Å². The largest absolute Gasteiger partial charge is 0.345 e. The molecule has 3 rings (SSSR count). The lowest BCUT2D eigenvalue weighted by molar-refractivity contribution is 0.0828. The molecule has 4 nitrogen and oxygen atoms in total. The molecule has 0 unspecified atom stereocenters. The molecule has 0 aliphatic rings. The smallest absolute Gasteiger partial charge is 0.255 e. The van der Waals surface area contributed by atoms with Crippen LogP contribution < -0.4 is 5.56 Å². The Hall–Kier alpha value is -2.88. The van der Waals surface area contributed by atoms with E-state index in [2.05, 4.69) is 4.98 Å². The molecule has 0 radical (unpaired) electrons. The molecule has 4 heteroatoms. The molecule has 0 aliphatic heterocycles. The number of nitrogens with one attached hydrogen (secondary N) is 1. The van der Waals surface area contributed by atoms with E-state index in [0.717, 1.165) is 22.1 Å².